The van der Waals surface area contributed by atoms with E-state index in [0.717, 1.165) is 17.3 Å². The molecule has 0 atom stereocenters. The molecule has 0 radical (unpaired) electrons. The van der Waals surface area contributed by atoms with E-state index in [1.165, 1.54) is 0 Å². The second kappa shape index (κ2) is 4.09. The SMILES string of the molecule is O=C(COc1cncc(Br)c1)C1CC1. The lowest BCUT2D eigenvalue weighted by Gasteiger charge is -2.03. The van der Waals surface area contributed by atoms with Crippen molar-refractivity contribution in [3.63, 3.8) is 0 Å². The monoisotopic (exact) mass is 255 g/mol. The summed E-state index contributed by atoms with van der Waals surface area (Å²) in [6.07, 6.45) is 5.33. The molecule has 1 aliphatic carbocycles. The number of aromatic nitrogens is 1. The first-order valence-electron chi connectivity index (χ1n) is 4.52. The molecule has 1 aromatic rings. The predicted octanol–water partition coefficient (Wildman–Crippen LogP) is 2.20. The minimum absolute atomic E-state index is 0.169. The van der Waals surface area contributed by atoms with Gasteiger partial charge in [-0.1, -0.05) is 0 Å². The number of ketones is 1. The van der Waals surface area contributed by atoms with Gasteiger partial charge in [0.15, 0.2) is 5.78 Å². The molecule has 0 aliphatic heterocycles. The van der Waals surface area contributed by atoms with E-state index in [4.69, 9.17) is 4.74 Å². The lowest BCUT2D eigenvalue weighted by molar-refractivity contribution is -0.122. The fourth-order valence-electron chi connectivity index (χ4n) is 1.15. The Morgan fingerprint density at radius 3 is 3.00 bits per heavy atom. The van der Waals surface area contributed by atoms with Crippen LogP contribution in [0, 0.1) is 5.92 Å². The van der Waals surface area contributed by atoms with Crippen molar-refractivity contribution in [2.75, 3.05) is 6.61 Å². The van der Waals surface area contributed by atoms with Crippen molar-refractivity contribution in [3.05, 3.63) is 22.9 Å². The summed E-state index contributed by atoms with van der Waals surface area (Å²) in [4.78, 5) is 15.2. The number of halogens is 1. The van der Waals surface area contributed by atoms with E-state index in [2.05, 4.69) is 20.9 Å². The van der Waals surface area contributed by atoms with E-state index < -0.39 is 0 Å². The molecule has 1 aromatic heterocycles. The molecule has 1 fully saturated rings. The van der Waals surface area contributed by atoms with Crippen LogP contribution in [0.15, 0.2) is 22.9 Å². The van der Waals surface area contributed by atoms with Gasteiger partial charge in [0.1, 0.15) is 12.4 Å². The maximum Gasteiger partial charge on any atom is 0.173 e. The van der Waals surface area contributed by atoms with E-state index >= 15 is 0 Å². The number of carbonyl (C=O) groups is 1. The van der Waals surface area contributed by atoms with E-state index in [9.17, 15) is 4.79 Å². The molecule has 4 heteroatoms. The van der Waals surface area contributed by atoms with Crippen LogP contribution in [0.5, 0.6) is 5.75 Å². The van der Waals surface area contributed by atoms with E-state index in [-0.39, 0.29) is 18.3 Å². The minimum atomic E-state index is 0.169. The molecule has 0 aromatic carbocycles. The summed E-state index contributed by atoms with van der Waals surface area (Å²) in [6.45, 7) is 0.169. The van der Waals surface area contributed by atoms with Gasteiger partial charge < -0.3 is 4.74 Å². The molecular weight excluding hydrogens is 246 g/mol. The first kappa shape index (κ1) is 9.65. The number of carbonyl (C=O) groups excluding carboxylic acids is 1. The maximum atomic E-state index is 11.3. The summed E-state index contributed by atoms with van der Waals surface area (Å²) in [5.74, 6) is 1.09. The van der Waals surface area contributed by atoms with Gasteiger partial charge in [-0.15, -0.1) is 0 Å². The molecule has 0 spiro atoms. The van der Waals surface area contributed by atoms with E-state index in [0.29, 0.717) is 5.75 Å². The van der Waals surface area contributed by atoms with Gasteiger partial charge in [0.25, 0.3) is 0 Å². The molecule has 3 nitrogen and oxygen atoms in total. The fourth-order valence-corrected chi connectivity index (χ4v) is 1.49. The van der Waals surface area contributed by atoms with Crippen LogP contribution in [-0.2, 0) is 4.79 Å². The Bertz CT molecular complexity index is 350. The van der Waals surface area contributed by atoms with Crippen molar-refractivity contribution < 1.29 is 9.53 Å². The molecule has 14 heavy (non-hydrogen) atoms. The van der Waals surface area contributed by atoms with Crippen LogP contribution in [0.25, 0.3) is 0 Å². The highest BCUT2D eigenvalue weighted by Crippen LogP contribution is 2.29. The first-order chi connectivity index (χ1) is 6.75. The zero-order valence-corrected chi connectivity index (χ0v) is 9.16. The number of pyridine rings is 1. The average molecular weight is 256 g/mol. The fraction of sp³-hybridized carbons (Fsp3) is 0.400. The van der Waals surface area contributed by atoms with Gasteiger partial charge in [0, 0.05) is 16.6 Å². The minimum Gasteiger partial charge on any atom is -0.484 e. The first-order valence-corrected chi connectivity index (χ1v) is 5.31. The van der Waals surface area contributed by atoms with Crippen molar-refractivity contribution in [1.29, 1.82) is 0 Å². The molecule has 74 valence electrons. The Morgan fingerprint density at radius 1 is 1.57 bits per heavy atom. The predicted molar refractivity (Wildman–Crippen MR) is 55.2 cm³/mol. The lowest BCUT2D eigenvalue weighted by atomic mass is 10.3. The summed E-state index contributed by atoms with van der Waals surface area (Å²) in [5, 5.41) is 0. The molecule has 1 heterocycles. The molecule has 0 saturated heterocycles. The highest BCUT2D eigenvalue weighted by Gasteiger charge is 2.29. The number of rotatable bonds is 4. The summed E-state index contributed by atoms with van der Waals surface area (Å²) in [7, 11) is 0. The topological polar surface area (TPSA) is 39.2 Å². The van der Waals surface area contributed by atoms with Crippen molar-refractivity contribution in [2.24, 2.45) is 5.92 Å². The highest BCUT2D eigenvalue weighted by atomic mass is 79.9. The van der Waals surface area contributed by atoms with Crippen molar-refractivity contribution in [3.8, 4) is 5.75 Å². The summed E-state index contributed by atoms with van der Waals surface area (Å²) in [6, 6.07) is 1.80. The third kappa shape index (κ3) is 2.54. The van der Waals surface area contributed by atoms with Gasteiger partial charge in [-0.05, 0) is 34.8 Å². The smallest absolute Gasteiger partial charge is 0.173 e. The van der Waals surface area contributed by atoms with Gasteiger partial charge >= 0.3 is 0 Å². The second-order valence-corrected chi connectivity index (χ2v) is 4.28. The molecule has 1 aliphatic rings. The number of Topliss-reactive ketones (excluding diaryl/α,β-unsaturated/α-hetero) is 1. The Hall–Kier alpha value is -0.900. The van der Waals surface area contributed by atoms with Crippen LogP contribution in [-0.4, -0.2) is 17.4 Å². The number of ether oxygens (including phenoxy) is 1. The van der Waals surface area contributed by atoms with Gasteiger partial charge in [-0.25, -0.2) is 0 Å². The number of nitrogens with zero attached hydrogens (tertiary/aromatic N) is 1. The van der Waals surface area contributed by atoms with Crippen LogP contribution in [0.3, 0.4) is 0 Å². The highest BCUT2D eigenvalue weighted by molar-refractivity contribution is 9.10. The molecule has 0 N–H and O–H groups in total. The molecule has 2 rings (SSSR count). The summed E-state index contributed by atoms with van der Waals surface area (Å²) < 4.78 is 6.16. The third-order valence-electron chi connectivity index (χ3n) is 2.09. The lowest BCUT2D eigenvalue weighted by Crippen LogP contribution is -2.12. The average Bonchev–Trinajstić information content (AvgIpc) is 2.97. The molecular formula is C10H10BrNO2. The largest absolute Gasteiger partial charge is 0.484 e. The van der Waals surface area contributed by atoms with Crippen molar-refractivity contribution in [1.82, 2.24) is 4.98 Å². The molecule has 1 saturated carbocycles. The maximum absolute atomic E-state index is 11.3. The van der Waals surface area contributed by atoms with Gasteiger partial charge in [0.05, 0.1) is 6.20 Å². The van der Waals surface area contributed by atoms with Crippen LogP contribution < -0.4 is 4.74 Å². The normalized spacial score (nSPS) is 15.2. The quantitative estimate of drug-likeness (QED) is 0.828. The van der Waals surface area contributed by atoms with Crippen molar-refractivity contribution >= 4 is 21.7 Å². The van der Waals surface area contributed by atoms with Crippen LogP contribution in [0.2, 0.25) is 0 Å². The van der Waals surface area contributed by atoms with E-state index in [1.54, 1.807) is 18.5 Å². The Labute approximate surface area is 90.6 Å². The second-order valence-electron chi connectivity index (χ2n) is 3.37. The molecule has 0 amide bonds. The van der Waals surface area contributed by atoms with Crippen LogP contribution in [0.1, 0.15) is 12.8 Å². The van der Waals surface area contributed by atoms with Gasteiger partial charge in [-0.3, -0.25) is 9.78 Å². The third-order valence-corrected chi connectivity index (χ3v) is 2.53. The number of hydrogen-bond acceptors (Lipinski definition) is 3. The zero-order valence-electron chi connectivity index (χ0n) is 7.57. The zero-order chi connectivity index (χ0) is 9.97. The Balaban J connectivity index is 1.87. The van der Waals surface area contributed by atoms with Crippen molar-refractivity contribution in [2.45, 2.75) is 12.8 Å². The number of hydrogen-bond donors (Lipinski definition) is 0. The van der Waals surface area contributed by atoms with Crippen LogP contribution >= 0.6 is 15.9 Å². The standard InChI is InChI=1S/C10H10BrNO2/c11-8-3-9(5-12-4-8)14-6-10(13)7-1-2-7/h3-5,7H,1-2,6H2. The summed E-state index contributed by atoms with van der Waals surface area (Å²) >= 11 is 3.28. The van der Waals surface area contributed by atoms with E-state index in [1.807, 2.05) is 0 Å². The summed E-state index contributed by atoms with van der Waals surface area (Å²) in [5.41, 5.74) is 0. The van der Waals surface area contributed by atoms with Gasteiger partial charge in [0.2, 0.25) is 0 Å². The van der Waals surface area contributed by atoms with Gasteiger partial charge in [-0.2, -0.15) is 0 Å². The van der Waals surface area contributed by atoms with Crippen LogP contribution in [0.4, 0.5) is 0 Å². The molecule has 0 bridgehead atoms. The Morgan fingerprint density at radius 2 is 2.36 bits per heavy atom. The Kier molecular flexibility index (Phi) is 2.82. The molecule has 0 unspecified atom stereocenters.